The third-order valence-corrected chi connectivity index (χ3v) is 6.97. The van der Waals surface area contributed by atoms with Gasteiger partial charge in [0, 0.05) is 51.6 Å². The van der Waals surface area contributed by atoms with Gasteiger partial charge in [-0.2, -0.15) is 31.3 Å². The van der Waals surface area contributed by atoms with Gasteiger partial charge in [0.25, 0.3) is 0 Å². The van der Waals surface area contributed by atoms with Crippen LogP contribution in [0.5, 0.6) is 5.88 Å². The highest BCUT2D eigenvalue weighted by molar-refractivity contribution is 5.93. The summed E-state index contributed by atoms with van der Waals surface area (Å²) in [5, 5.41) is 7.93. The predicted octanol–water partition coefficient (Wildman–Crippen LogP) is 8.50. The molecule has 3 aromatic carbocycles. The summed E-state index contributed by atoms with van der Waals surface area (Å²) < 4.78 is 85.3. The molecule has 0 aliphatic rings. The lowest BCUT2D eigenvalue weighted by molar-refractivity contribution is -0.154. The molecule has 0 aliphatic heterocycles. The van der Waals surface area contributed by atoms with Gasteiger partial charge in [-0.1, -0.05) is 6.07 Å². The number of ether oxygens (including phenoxy) is 1. The van der Waals surface area contributed by atoms with Gasteiger partial charge in [0.2, 0.25) is 17.8 Å². The van der Waals surface area contributed by atoms with Crippen molar-refractivity contribution in [3.8, 4) is 17.3 Å². The maximum absolute atomic E-state index is 13.7. The van der Waals surface area contributed by atoms with E-state index in [0.717, 1.165) is 40.0 Å². The molecular weight excluding hydrogens is 614 g/mol. The molecular formula is C31H20F6N8O. The maximum atomic E-state index is 13.7. The van der Waals surface area contributed by atoms with E-state index in [-0.39, 0.29) is 34.2 Å². The van der Waals surface area contributed by atoms with Gasteiger partial charge in [-0.3, -0.25) is 0 Å². The molecule has 0 saturated heterocycles. The molecule has 0 bridgehead atoms. The molecule has 0 radical (unpaired) electrons. The number of nitrogens with zero attached hydrogens (tertiary/aromatic N) is 4. The third kappa shape index (κ3) is 6.06. The van der Waals surface area contributed by atoms with Gasteiger partial charge in [0.1, 0.15) is 5.69 Å². The first-order chi connectivity index (χ1) is 22.0. The first-order valence-corrected chi connectivity index (χ1v) is 13.6. The number of rotatable bonds is 7. The van der Waals surface area contributed by atoms with Crippen LogP contribution in [0.1, 0.15) is 5.56 Å². The molecule has 0 unspecified atom stereocenters. The van der Waals surface area contributed by atoms with Gasteiger partial charge in [-0.15, -0.1) is 0 Å². The number of anilines is 4. The lowest BCUT2D eigenvalue weighted by Crippen LogP contribution is -2.20. The summed E-state index contributed by atoms with van der Waals surface area (Å²) in [5.41, 5.74) is 1.70. The molecule has 9 nitrogen and oxygen atoms in total. The van der Waals surface area contributed by atoms with Crippen molar-refractivity contribution in [2.45, 2.75) is 12.4 Å². The Morgan fingerprint density at radius 1 is 0.652 bits per heavy atom. The van der Waals surface area contributed by atoms with Crippen molar-refractivity contribution in [1.29, 1.82) is 0 Å². The monoisotopic (exact) mass is 634 g/mol. The highest BCUT2D eigenvalue weighted by Gasteiger charge is 2.31. The van der Waals surface area contributed by atoms with E-state index in [1.54, 1.807) is 42.7 Å². The summed E-state index contributed by atoms with van der Waals surface area (Å²) in [6, 6.07) is 18.4. The largest absolute Gasteiger partial charge is 0.468 e. The number of benzene rings is 3. The molecule has 4 heterocycles. The summed E-state index contributed by atoms with van der Waals surface area (Å²) in [6.07, 6.45) is -5.81. The summed E-state index contributed by atoms with van der Waals surface area (Å²) >= 11 is 0. The van der Waals surface area contributed by atoms with Crippen LogP contribution in [0.2, 0.25) is 0 Å². The summed E-state index contributed by atoms with van der Waals surface area (Å²) in [4.78, 5) is 23.6. The molecule has 7 rings (SSSR count). The normalized spacial score (nSPS) is 12.2. The molecule has 0 atom stereocenters. The number of hydrogen-bond donors (Lipinski definition) is 4. The number of alkyl halides is 6. The highest BCUT2D eigenvalue weighted by atomic mass is 19.4. The first kappa shape index (κ1) is 28.9. The van der Waals surface area contributed by atoms with Gasteiger partial charge >= 0.3 is 12.4 Å². The van der Waals surface area contributed by atoms with Crippen molar-refractivity contribution >= 4 is 56.0 Å². The van der Waals surface area contributed by atoms with E-state index in [0.29, 0.717) is 11.4 Å². The van der Waals surface area contributed by atoms with Crippen molar-refractivity contribution in [3.05, 3.63) is 90.8 Å². The lowest BCUT2D eigenvalue weighted by atomic mass is 10.1. The quantitative estimate of drug-likeness (QED) is 0.130. The van der Waals surface area contributed by atoms with Crippen LogP contribution in [-0.4, -0.2) is 42.7 Å². The fourth-order valence-electron chi connectivity index (χ4n) is 4.90. The molecule has 232 valence electrons. The molecule has 4 aromatic heterocycles. The van der Waals surface area contributed by atoms with Crippen molar-refractivity contribution in [2.75, 3.05) is 17.2 Å². The van der Waals surface area contributed by atoms with Gasteiger partial charge in [0.05, 0.1) is 16.8 Å². The van der Waals surface area contributed by atoms with Gasteiger partial charge in [0.15, 0.2) is 6.61 Å². The predicted molar refractivity (Wildman–Crippen MR) is 160 cm³/mol. The van der Waals surface area contributed by atoms with Crippen molar-refractivity contribution in [3.63, 3.8) is 0 Å². The Balaban J connectivity index is 1.36. The Kier molecular flexibility index (Phi) is 6.87. The fraction of sp³-hybridized carbons (Fsp3) is 0.0968. The third-order valence-electron chi connectivity index (χ3n) is 6.97. The van der Waals surface area contributed by atoms with E-state index >= 15 is 0 Å². The van der Waals surface area contributed by atoms with Crippen LogP contribution in [0, 0.1) is 0 Å². The number of nitrogens with one attached hydrogen (secondary N) is 4. The summed E-state index contributed by atoms with van der Waals surface area (Å²) in [5.74, 6) is -0.635. The number of aromatic amines is 2. The number of fused-ring (bicyclic) bond motifs is 3. The topological polar surface area (TPSA) is 116 Å². The molecule has 4 N–H and O–H groups in total. The second-order valence-corrected chi connectivity index (χ2v) is 10.3. The Labute approximate surface area is 254 Å². The Hall–Kier alpha value is -5.86. The zero-order valence-electron chi connectivity index (χ0n) is 23.3. The minimum atomic E-state index is -4.66. The first-order valence-electron chi connectivity index (χ1n) is 13.6. The fourth-order valence-corrected chi connectivity index (χ4v) is 4.90. The van der Waals surface area contributed by atoms with E-state index in [4.69, 9.17) is 4.74 Å². The van der Waals surface area contributed by atoms with Gasteiger partial charge < -0.3 is 25.3 Å². The minimum absolute atomic E-state index is 0.0209. The number of halogens is 6. The van der Waals surface area contributed by atoms with Crippen LogP contribution >= 0.6 is 0 Å². The molecule has 0 fully saturated rings. The molecule has 0 spiro atoms. The van der Waals surface area contributed by atoms with E-state index < -0.39 is 30.4 Å². The van der Waals surface area contributed by atoms with Crippen LogP contribution in [-0.2, 0) is 6.18 Å². The van der Waals surface area contributed by atoms with Crippen molar-refractivity contribution in [1.82, 2.24) is 29.9 Å². The Morgan fingerprint density at radius 3 is 2.15 bits per heavy atom. The summed E-state index contributed by atoms with van der Waals surface area (Å²) in [6.45, 7) is -1.63. The van der Waals surface area contributed by atoms with Crippen LogP contribution in [0.25, 0.3) is 44.1 Å². The number of hydrogen-bond acceptors (Lipinski definition) is 7. The zero-order chi connectivity index (χ0) is 32.1. The average Bonchev–Trinajstić information content (AvgIpc) is 3.67. The van der Waals surface area contributed by atoms with Gasteiger partial charge in [-0.25, -0.2) is 15.0 Å². The van der Waals surface area contributed by atoms with Gasteiger partial charge in [-0.05, 0) is 66.0 Å². The van der Waals surface area contributed by atoms with Crippen LogP contribution < -0.4 is 15.4 Å². The van der Waals surface area contributed by atoms with E-state index in [9.17, 15) is 26.3 Å². The zero-order valence-corrected chi connectivity index (χ0v) is 23.3. The smallest absolute Gasteiger partial charge is 0.422 e. The molecule has 0 amide bonds. The van der Waals surface area contributed by atoms with Crippen molar-refractivity contribution in [2.24, 2.45) is 0 Å². The van der Waals surface area contributed by atoms with Crippen LogP contribution in [0.4, 0.5) is 49.6 Å². The highest BCUT2D eigenvalue weighted by Crippen LogP contribution is 2.35. The van der Waals surface area contributed by atoms with Crippen LogP contribution in [0.3, 0.4) is 0 Å². The number of aromatic nitrogens is 6. The van der Waals surface area contributed by atoms with E-state index in [1.165, 1.54) is 6.07 Å². The minimum Gasteiger partial charge on any atom is -0.468 e. The average molecular weight is 635 g/mol. The lowest BCUT2D eigenvalue weighted by Gasteiger charge is -2.15. The second-order valence-electron chi connectivity index (χ2n) is 10.3. The SMILES string of the molecule is FC(F)(F)COc1cc(-c2nc(Nc3ccc4cc[nH]c4c3)nc3cc(C(F)(F)F)ccc23)nc(Nc2ccc3[nH]ccc3c2)n1. The van der Waals surface area contributed by atoms with E-state index in [2.05, 4.69) is 40.5 Å². The van der Waals surface area contributed by atoms with E-state index in [1.807, 2.05) is 18.2 Å². The maximum Gasteiger partial charge on any atom is 0.422 e. The van der Waals surface area contributed by atoms with Crippen LogP contribution in [0.15, 0.2) is 85.2 Å². The Bertz CT molecular complexity index is 2220. The molecule has 46 heavy (non-hydrogen) atoms. The van der Waals surface area contributed by atoms with Crippen molar-refractivity contribution < 1.29 is 31.1 Å². The molecule has 0 aliphatic carbocycles. The molecule has 15 heteroatoms. The molecule has 7 aromatic rings. The Morgan fingerprint density at radius 2 is 1.37 bits per heavy atom. The molecule has 0 saturated carbocycles. The summed E-state index contributed by atoms with van der Waals surface area (Å²) in [7, 11) is 0. The standard InChI is InChI=1S/C31H20F6N8O/c32-30(33,34)15-46-26-14-25(43-28(44-26)40-19-4-6-22-17(11-19)8-10-38-22)27-21-5-2-18(31(35,36)37)12-24(21)42-29(45-27)41-20-3-1-16-7-9-39-23(16)13-20/h1-14,38-39H,15H2,(H,40,43,44)(H,41,42,45). The number of H-pyrrole nitrogens is 2. The second kappa shape index (κ2) is 10.9.